The van der Waals surface area contributed by atoms with Crippen molar-refractivity contribution in [3.8, 4) is 12.3 Å². The molecule has 0 aromatic heterocycles. The summed E-state index contributed by atoms with van der Waals surface area (Å²) >= 11 is 0. The molecule has 0 aliphatic heterocycles. The highest BCUT2D eigenvalue weighted by molar-refractivity contribution is 5.82. The molecule has 0 aliphatic carbocycles. The maximum Gasteiger partial charge on any atom is 0.327 e. The number of amides is 2. The van der Waals surface area contributed by atoms with Crippen LogP contribution >= 0.6 is 0 Å². The highest BCUT2D eigenvalue weighted by Crippen LogP contribution is 2.02. The van der Waals surface area contributed by atoms with Crippen molar-refractivity contribution in [2.24, 2.45) is 0 Å². The van der Waals surface area contributed by atoms with E-state index < -0.39 is 18.0 Å². The maximum absolute atomic E-state index is 11.7. The molecule has 1 rings (SSSR count). The molecule has 0 bridgehead atoms. The summed E-state index contributed by atoms with van der Waals surface area (Å²) in [4.78, 5) is 22.5. The van der Waals surface area contributed by atoms with E-state index in [2.05, 4.69) is 16.6 Å². The van der Waals surface area contributed by atoms with Crippen LogP contribution in [0.2, 0.25) is 0 Å². The highest BCUT2D eigenvalue weighted by atomic mass is 16.4. The molecule has 0 heterocycles. The number of hydrogen-bond donors (Lipinski definition) is 3. The second-order valence-corrected chi connectivity index (χ2v) is 4.51. The maximum atomic E-state index is 11.7. The predicted octanol–water partition coefficient (Wildman–Crippen LogP) is 1.39. The summed E-state index contributed by atoms with van der Waals surface area (Å²) in [6.07, 6.45) is 5.68. The molecular weight excluding hydrogens is 256 g/mol. The van der Waals surface area contributed by atoms with Crippen molar-refractivity contribution in [1.29, 1.82) is 0 Å². The van der Waals surface area contributed by atoms with E-state index in [1.54, 1.807) is 0 Å². The van der Waals surface area contributed by atoms with Gasteiger partial charge in [0.15, 0.2) is 0 Å². The number of carboxylic acid groups (broad SMARTS) is 1. The molecule has 0 spiro atoms. The summed E-state index contributed by atoms with van der Waals surface area (Å²) in [5.74, 6) is 1.08. The largest absolute Gasteiger partial charge is 0.480 e. The van der Waals surface area contributed by atoms with Crippen molar-refractivity contribution in [2.75, 3.05) is 0 Å². The number of terminal acetylenes is 1. The van der Waals surface area contributed by atoms with Crippen LogP contribution in [0.3, 0.4) is 0 Å². The Bertz CT molecular complexity index is 494. The van der Waals surface area contributed by atoms with E-state index in [1.807, 2.05) is 37.3 Å². The van der Waals surface area contributed by atoms with E-state index in [0.717, 1.165) is 5.56 Å². The fraction of sp³-hybridized carbons (Fsp3) is 0.333. The summed E-state index contributed by atoms with van der Waals surface area (Å²) in [7, 11) is 0. The number of nitrogens with one attached hydrogen (secondary N) is 2. The Morgan fingerprint density at radius 1 is 1.30 bits per heavy atom. The average molecular weight is 274 g/mol. The van der Waals surface area contributed by atoms with Crippen LogP contribution in [0.1, 0.15) is 18.9 Å². The van der Waals surface area contributed by atoms with E-state index >= 15 is 0 Å². The summed E-state index contributed by atoms with van der Waals surface area (Å²) in [5.41, 5.74) is 1.10. The molecule has 1 aromatic rings. The van der Waals surface area contributed by atoms with E-state index in [1.165, 1.54) is 0 Å². The zero-order valence-electron chi connectivity index (χ0n) is 11.3. The molecule has 106 valence electrons. The van der Waals surface area contributed by atoms with E-state index in [4.69, 9.17) is 11.5 Å². The minimum Gasteiger partial charge on any atom is -0.480 e. The summed E-state index contributed by atoms with van der Waals surface area (Å²) in [5, 5.41) is 13.9. The van der Waals surface area contributed by atoms with Crippen molar-refractivity contribution < 1.29 is 14.7 Å². The number of carboxylic acids is 1. The van der Waals surface area contributed by atoms with E-state index in [-0.39, 0.29) is 12.5 Å². The minimum absolute atomic E-state index is 0.0458. The Morgan fingerprint density at radius 3 is 2.50 bits per heavy atom. The van der Waals surface area contributed by atoms with Crippen LogP contribution in [-0.4, -0.2) is 29.2 Å². The van der Waals surface area contributed by atoms with Crippen LogP contribution in [0.25, 0.3) is 0 Å². The van der Waals surface area contributed by atoms with E-state index in [0.29, 0.717) is 6.42 Å². The van der Waals surface area contributed by atoms with Gasteiger partial charge >= 0.3 is 12.0 Å². The van der Waals surface area contributed by atoms with Gasteiger partial charge in [0.05, 0.1) is 0 Å². The monoisotopic (exact) mass is 274 g/mol. The van der Waals surface area contributed by atoms with Crippen molar-refractivity contribution in [3.63, 3.8) is 0 Å². The van der Waals surface area contributed by atoms with Gasteiger partial charge in [-0.25, -0.2) is 9.59 Å². The number of rotatable bonds is 6. The molecule has 3 N–H and O–H groups in total. The number of hydrogen-bond acceptors (Lipinski definition) is 2. The Kier molecular flexibility index (Phi) is 6.11. The minimum atomic E-state index is -1.14. The molecule has 5 heteroatoms. The van der Waals surface area contributed by atoms with Crippen LogP contribution < -0.4 is 10.6 Å². The summed E-state index contributed by atoms with van der Waals surface area (Å²) < 4.78 is 0. The molecule has 0 fully saturated rings. The van der Waals surface area contributed by atoms with Crippen LogP contribution in [0.4, 0.5) is 4.79 Å². The first-order valence-electron chi connectivity index (χ1n) is 6.30. The predicted molar refractivity (Wildman–Crippen MR) is 76.1 cm³/mol. The van der Waals surface area contributed by atoms with Crippen LogP contribution in [-0.2, 0) is 11.2 Å². The van der Waals surface area contributed by atoms with Crippen molar-refractivity contribution in [1.82, 2.24) is 10.6 Å². The second kappa shape index (κ2) is 7.85. The van der Waals surface area contributed by atoms with Crippen molar-refractivity contribution >= 4 is 12.0 Å². The van der Waals surface area contributed by atoms with Crippen LogP contribution in [0.5, 0.6) is 0 Å². The average Bonchev–Trinajstić information content (AvgIpc) is 2.38. The zero-order chi connectivity index (χ0) is 15.0. The van der Waals surface area contributed by atoms with Gasteiger partial charge in [0.1, 0.15) is 6.04 Å². The van der Waals surface area contributed by atoms with Crippen molar-refractivity contribution in [3.05, 3.63) is 35.9 Å². The lowest BCUT2D eigenvalue weighted by Crippen LogP contribution is -2.48. The standard InChI is InChI=1S/C15H18N2O3/c1-3-7-13(14(18)19)17-15(20)16-11(2)10-12-8-5-4-6-9-12/h1,4-6,8-9,11,13H,7,10H2,2H3,(H,18,19)(H2,16,17,20). The van der Waals surface area contributed by atoms with Gasteiger partial charge < -0.3 is 15.7 Å². The van der Waals surface area contributed by atoms with Crippen LogP contribution in [0, 0.1) is 12.3 Å². The molecule has 0 saturated heterocycles. The number of carbonyl (C=O) groups is 2. The van der Waals surface area contributed by atoms with Gasteiger partial charge in [-0.3, -0.25) is 0 Å². The molecule has 2 unspecified atom stereocenters. The first-order valence-corrected chi connectivity index (χ1v) is 6.30. The molecule has 1 aromatic carbocycles. The third-order valence-electron chi connectivity index (χ3n) is 2.69. The number of benzene rings is 1. The Hall–Kier alpha value is -2.48. The number of carbonyl (C=O) groups excluding carboxylic acids is 1. The zero-order valence-corrected chi connectivity index (χ0v) is 11.3. The lowest BCUT2D eigenvalue weighted by Gasteiger charge is -2.17. The third-order valence-corrected chi connectivity index (χ3v) is 2.69. The Balaban J connectivity index is 2.45. The number of aliphatic carboxylic acids is 1. The molecule has 2 atom stereocenters. The first kappa shape index (κ1) is 15.6. The summed E-state index contributed by atoms with van der Waals surface area (Å²) in [6.45, 7) is 1.85. The van der Waals surface area contributed by atoms with Crippen LogP contribution in [0.15, 0.2) is 30.3 Å². The fourth-order valence-electron chi connectivity index (χ4n) is 1.76. The lowest BCUT2D eigenvalue weighted by atomic mass is 10.1. The van der Waals surface area contributed by atoms with E-state index in [9.17, 15) is 9.59 Å². The highest BCUT2D eigenvalue weighted by Gasteiger charge is 2.19. The van der Waals surface area contributed by atoms with Gasteiger partial charge in [0.25, 0.3) is 0 Å². The molecular formula is C15H18N2O3. The molecule has 0 saturated carbocycles. The molecule has 20 heavy (non-hydrogen) atoms. The van der Waals surface area contributed by atoms with Gasteiger partial charge in [0, 0.05) is 12.5 Å². The quantitative estimate of drug-likeness (QED) is 0.686. The Labute approximate surface area is 118 Å². The SMILES string of the molecule is C#CCC(NC(=O)NC(C)Cc1ccccc1)C(=O)O. The fourth-order valence-corrected chi connectivity index (χ4v) is 1.76. The normalized spacial score (nSPS) is 12.8. The molecule has 0 radical (unpaired) electrons. The molecule has 0 aliphatic rings. The molecule has 5 nitrogen and oxygen atoms in total. The molecule has 2 amide bonds. The van der Waals surface area contributed by atoms with Gasteiger partial charge in [-0.1, -0.05) is 30.3 Å². The van der Waals surface area contributed by atoms with Gasteiger partial charge in [-0.05, 0) is 18.9 Å². The smallest absolute Gasteiger partial charge is 0.327 e. The third kappa shape index (κ3) is 5.44. The number of urea groups is 1. The Morgan fingerprint density at radius 2 is 1.95 bits per heavy atom. The van der Waals surface area contributed by atoms with Gasteiger partial charge in [-0.15, -0.1) is 12.3 Å². The van der Waals surface area contributed by atoms with Gasteiger partial charge in [-0.2, -0.15) is 0 Å². The topological polar surface area (TPSA) is 78.4 Å². The summed E-state index contributed by atoms with van der Waals surface area (Å²) in [6, 6.07) is 8.00. The first-order chi connectivity index (χ1) is 9.52. The van der Waals surface area contributed by atoms with Crippen molar-refractivity contribution in [2.45, 2.75) is 31.8 Å². The van der Waals surface area contributed by atoms with Gasteiger partial charge in [0.2, 0.25) is 0 Å². The lowest BCUT2D eigenvalue weighted by molar-refractivity contribution is -0.139. The second-order valence-electron chi connectivity index (χ2n) is 4.51.